The molecule has 1 atom stereocenters. The van der Waals surface area contributed by atoms with E-state index in [0.717, 1.165) is 38.0 Å². The lowest BCUT2D eigenvalue weighted by molar-refractivity contribution is 0.112. The monoisotopic (exact) mass is 235 g/mol. The molecule has 0 amide bonds. The molecule has 0 spiro atoms. The van der Waals surface area contributed by atoms with E-state index in [2.05, 4.69) is 35.6 Å². The van der Waals surface area contributed by atoms with Crippen LogP contribution in [0.25, 0.3) is 0 Å². The van der Waals surface area contributed by atoms with Gasteiger partial charge in [0.15, 0.2) is 6.29 Å². The van der Waals surface area contributed by atoms with Crippen molar-refractivity contribution in [1.29, 1.82) is 0 Å². The van der Waals surface area contributed by atoms with Gasteiger partial charge >= 0.3 is 0 Å². The van der Waals surface area contributed by atoms with E-state index >= 15 is 0 Å². The van der Waals surface area contributed by atoms with Crippen LogP contribution in [0.1, 0.15) is 50.4 Å². The van der Waals surface area contributed by atoms with Gasteiger partial charge in [-0.1, -0.05) is 20.3 Å². The molecule has 1 aromatic heterocycles. The minimum atomic E-state index is 0.420. The maximum atomic E-state index is 10.6. The van der Waals surface area contributed by atoms with E-state index in [4.69, 9.17) is 0 Å². The molecule has 94 valence electrons. The SMILES string of the molecule is CCCCN(c1ncc(C=O)cn1)C(C)CC. The minimum absolute atomic E-state index is 0.420. The van der Waals surface area contributed by atoms with Crippen molar-refractivity contribution in [2.45, 2.75) is 46.1 Å². The second kappa shape index (κ2) is 6.99. The molecular formula is C13H21N3O. The van der Waals surface area contributed by atoms with Crippen LogP contribution in [0.15, 0.2) is 12.4 Å². The number of hydrogen-bond acceptors (Lipinski definition) is 4. The lowest BCUT2D eigenvalue weighted by atomic mass is 10.2. The lowest BCUT2D eigenvalue weighted by Crippen LogP contribution is -2.34. The summed E-state index contributed by atoms with van der Waals surface area (Å²) in [6, 6.07) is 0.420. The van der Waals surface area contributed by atoms with Crippen molar-refractivity contribution < 1.29 is 4.79 Å². The van der Waals surface area contributed by atoms with Crippen molar-refractivity contribution in [3.05, 3.63) is 18.0 Å². The molecule has 4 nitrogen and oxygen atoms in total. The summed E-state index contributed by atoms with van der Waals surface area (Å²) in [5, 5.41) is 0. The highest BCUT2D eigenvalue weighted by atomic mass is 16.1. The highest BCUT2D eigenvalue weighted by Crippen LogP contribution is 2.14. The molecule has 0 N–H and O–H groups in total. The van der Waals surface area contributed by atoms with Gasteiger partial charge in [0.25, 0.3) is 0 Å². The standard InChI is InChI=1S/C13H21N3O/c1-4-6-7-16(11(3)5-2)13-14-8-12(10-17)9-15-13/h8-11H,4-7H2,1-3H3. The number of nitrogens with zero attached hydrogens (tertiary/aromatic N) is 3. The van der Waals surface area contributed by atoms with Gasteiger partial charge in [0.1, 0.15) is 0 Å². The van der Waals surface area contributed by atoms with Gasteiger partial charge in [0.2, 0.25) is 5.95 Å². The van der Waals surface area contributed by atoms with Crippen molar-refractivity contribution in [3.8, 4) is 0 Å². The first-order valence-electron chi connectivity index (χ1n) is 6.26. The second-order valence-corrected chi connectivity index (χ2v) is 4.24. The van der Waals surface area contributed by atoms with Crippen molar-refractivity contribution >= 4 is 12.2 Å². The van der Waals surface area contributed by atoms with Crippen LogP contribution in [-0.4, -0.2) is 28.8 Å². The molecule has 17 heavy (non-hydrogen) atoms. The third-order valence-electron chi connectivity index (χ3n) is 2.93. The van der Waals surface area contributed by atoms with Gasteiger partial charge in [-0.05, 0) is 19.8 Å². The Morgan fingerprint density at radius 2 is 2.00 bits per heavy atom. The molecule has 1 unspecified atom stereocenters. The Morgan fingerprint density at radius 3 is 2.47 bits per heavy atom. The normalized spacial score (nSPS) is 12.2. The third kappa shape index (κ3) is 3.80. The molecule has 0 aliphatic heterocycles. The minimum Gasteiger partial charge on any atom is -0.338 e. The van der Waals surface area contributed by atoms with E-state index in [1.165, 1.54) is 0 Å². The zero-order valence-corrected chi connectivity index (χ0v) is 10.9. The molecule has 0 fully saturated rings. The lowest BCUT2D eigenvalue weighted by Gasteiger charge is -2.28. The van der Waals surface area contributed by atoms with Crippen LogP contribution in [-0.2, 0) is 0 Å². The van der Waals surface area contributed by atoms with Gasteiger partial charge in [-0.2, -0.15) is 0 Å². The average molecular weight is 235 g/mol. The summed E-state index contributed by atoms with van der Waals surface area (Å²) in [5.41, 5.74) is 0.522. The highest BCUT2D eigenvalue weighted by Gasteiger charge is 2.14. The molecule has 4 heteroatoms. The van der Waals surface area contributed by atoms with Crippen LogP contribution >= 0.6 is 0 Å². The van der Waals surface area contributed by atoms with E-state index < -0.39 is 0 Å². The molecule has 1 heterocycles. The number of anilines is 1. The molecule has 0 saturated carbocycles. The summed E-state index contributed by atoms with van der Waals surface area (Å²) in [7, 11) is 0. The van der Waals surface area contributed by atoms with Gasteiger partial charge in [-0.15, -0.1) is 0 Å². The summed E-state index contributed by atoms with van der Waals surface area (Å²) < 4.78 is 0. The molecule has 1 rings (SSSR count). The Labute approximate surface area is 103 Å². The Bertz CT molecular complexity index is 337. The molecule has 0 saturated heterocycles. The van der Waals surface area contributed by atoms with Crippen LogP contribution in [0.4, 0.5) is 5.95 Å². The summed E-state index contributed by atoms with van der Waals surface area (Å²) in [6.07, 6.45) is 7.27. The van der Waals surface area contributed by atoms with E-state index in [1.807, 2.05) is 0 Å². The summed E-state index contributed by atoms with van der Waals surface area (Å²) in [6.45, 7) is 7.47. The third-order valence-corrected chi connectivity index (χ3v) is 2.93. The zero-order chi connectivity index (χ0) is 12.7. The summed E-state index contributed by atoms with van der Waals surface area (Å²) in [5.74, 6) is 0.721. The van der Waals surface area contributed by atoms with Crippen LogP contribution in [0.3, 0.4) is 0 Å². The quantitative estimate of drug-likeness (QED) is 0.682. The summed E-state index contributed by atoms with van der Waals surface area (Å²) >= 11 is 0. The number of carbonyl (C=O) groups excluding carboxylic acids is 1. The van der Waals surface area contributed by atoms with E-state index in [-0.39, 0.29) is 0 Å². The highest BCUT2D eigenvalue weighted by molar-refractivity contribution is 5.73. The van der Waals surface area contributed by atoms with E-state index in [1.54, 1.807) is 12.4 Å². The fourth-order valence-corrected chi connectivity index (χ4v) is 1.61. The Kier molecular flexibility index (Phi) is 5.60. The Balaban J connectivity index is 2.83. The Hall–Kier alpha value is -1.45. The van der Waals surface area contributed by atoms with Gasteiger partial charge in [0, 0.05) is 25.0 Å². The number of rotatable bonds is 7. The topological polar surface area (TPSA) is 46.1 Å². The molecular weight excluding hydrogens is 214 g/mol. The molecule has 0 aliphatic rings. The maximum Gasteiger partial charge on any atom is 0.225 e. The maximum absolute atomic E-state index is 10.6. The van der Waals surface area contributed by atoms with Gasteiger partial charge < -0.3 is 4.90 Å². The first-order valence-corrected chi connectivity index (χ1v) is 6.26. The van der Waals surface area contributed by atoms with E-state index in [9.17, 15) is 4.79 Å². The number of aromatic nitrogens is 2. The fourth-order valence-electron chi connectivity index (χ4n) is 1.61. The summed E-state index contributed by atoms with van der Waals surface area (Å²) in [4.78, 5) is 21.3. The number of hydrogen-bond donors (Lipinski definition) is 0. The van der Waals surface area contributed by atoms with Gasteiger partial charge in [-0.25, -0.2) is 9.97 Å². The predicted molar refractivity (Wildman–Crippen MR) is 69.4 cm³/mol. The van der Waals surface area contributed by atoms with Crippen molar-refractivity contribution in [2.75, 3.05) is 11.4 Å². The smallest absolute Gasteiger partial charge is 0.225 e. The van der Waals surface area contributed by atoms with Crippen molar-refractivity contribution in [1.82, 2.24) is 9.97 Å². The van der Waals surface area contributed by atoms with Crippen molar-refractivity contribution in [2.24, 2.45) is 0 Å². The molecule has 0 radical (unpaired) electrons. The molecule has 0 aromatic carbocycles. The van der Waals surface area contributed by atoms with Crippen LogP contribution in [0.5, 0.6) is 0 Å². The molecule has 0 bridgehead atoms. The first kappa shape index (κ1) is 13.6. The number of aldehydes is 1. The fraction of sp³-hybridized carbons (Fsp3) is 0.615. The van der Waals surface area contributed by atoms with Crippen LogP contribution in [0.2, 0.25) is 0 Å². The number of carbonyl (C=O) groups is 1. The zero-order valence-electron chi connectivity index (χ0n) is 10.9. The predicted octanol–water partition coefficient (Wildman–Crippen LogP) is 2.69. The first-order chi connectivity index (χ1) is 8.22. The molecule has 1 aromatic rings. The van der Waals surface area contributed by atoms with E-state index in [0.29, 0.717) is 11.6 Å². The number of unbranched alkanes of at least 4 members (excludes halogenated alkanes) is 1. The van der Waals surface area contributed by atoms with Gasteiger partial charge in [0.05, 0.1) is 5.56 Å². The van der Waals surface area contributed by atoms with Crippen molar-refractivity contribution in [3.63, 3.8) is 0 Å². The Morgan fingerprint density at radius 1 is 1.35 bits per heavy atom. The largest absolute Gasteiger partial charge is 0.338 e. The van der Waals surface area contributed by atoms with Crippen LogP contribution < -0.4 is 4.90 Å². The van der Waals surface area contributed by atoms with Gasteiger partial charge in [-0.3, -0.25) is 4.79 Å². The average Bonchev–Trinajstić information content (AvgIpc) is 2.39. The van der Waals surface area contributed by atoms with Crippen LogP contribution in [0, 0.1) is 0 Å². The molecule has 0 aliphatic carbocycles. The second-order valence-electron chi connectivity index (χ2n) is 4.24.